The highest BCUT2D eigenvalue weighted by Crippen LogP contribution is 2.27. The Morgan fingerprint density at radius 3 is 2.81 bits per heavy atom. The lowest BCUT2D eigenvalue weighted by Gasteiger charge is -2.35. The van der Waals surface area contributed by atoms with Gasteiger partial charge in [-0.25, -0.2) is 4.79 Å². The van der Waals surface area contributed by atoms with Crippen molar-refractivity contribution in [3.8, 4) is 5.75 Å². The summed E-state index contributed by atoms with van der Waals surface area (Å²) in [5.41, 5.74) is 1.41. The van der Waals surface area contributed by atoms with E-state index >= 15 is 0 Å². The summed E-state index contributed by atoms with van der Waals surface area (Å²) < 4.78 is 5.41. The number of phenolic OH excluding ortho intramolecular Hbond substituents is 1. The number of phenols is 1. The fourth-order valence-electron chi connectivity index (χ4n) is 2.40. The predicted molar refractivity (Wildman–Crippen MR) is 81.4 cm³/mol. The molecule has 116 valence electrons. The Morgan fingerprint density at radius 2 is 2.14 bits per heavy atom. The Morgan fingerprint density at radius 1 is 1.43 bits per heavy atom. The van der Waals surface area contributed by atoms with E-state index < -0.39 is 5.60 Å². The molecule has 1 heterocycles. The van der Waals surface area contributed by atoms with E-state index in [9.17, 15) is 9.90 Å². The van der Waals surface area contributed by atoms with Crippen LogP contribution in [0.3, 0.4) is 0 Å². The van der Waals surface area contributed by atoms with Gasteiger partial charge in [-0.2, -0.15) is 0 Å². The number of aryl methyl sites for hydroxylation is 1. The average molecular weight is 292 g/mol. The molecule has 1 aromatic carbocycles. The number of rotatable bonds is 1. The second-order valence-electron chi connectivity index (χ2n) is 6.50. The second-order valence-corrected chi connectivity index (χ2v) is 6.50. The van der Waals surface area contributed by atoms with Crippen LogP contribution in [0.25, 0.3) is 0 Å². The lowest BCUT2D eigenvalue weighted by Crippen LogP contribution is -2.49. The van der Waals surface area contributed by atoms with Crippen molar-refractivity contribution < 1.29 is 14.6 Å². The summed E-state index contributed by atoms with van der Waals surface area (Å²) in [5.74, 6) is 0.254. The number of piperazine rings is 1. The number of hydrogen-bond donors (Lipinski definition) is 2. The van der Waals surface area contributed by atoms with Crippen LogP contribution in [0, 0.1) is 6.92 Å². The summed E-state index contributed by atoms with van der Waals surface area (Å²) >= 11 is 0. The first kappa shape index (κ1) is 15.6. The molecule has 2 rings (SSSR count). The molecule has 1 amide bonds. The van der Waals surface area contributed by atoms with Crippen LogP contribution in [0.1, 0.15) is 37.9 Å². The maximum absolute atomic E-state index is 12.2. The van der Waals surface area contributed by atoms with Crippen LogP contribution in [-0.4, -0.2) is 41.3 Å². The Labute approximate surface area is 125 Å². The van der Waals surface area contributed by atoms with Crippen LogP contribution in [0.4, 0.5) is 4.79 Å². The van der Waals surface area contributed by atoms with Crippen LogP contribution in [0.2, 0.25) is 0 Å². The minimum Gasteiger partial charge on any atom is -0.508 e. The standard InChI is InChI=1S/C16H24N2O3/c1-11-5-6-14(19)12(9-11)13-10-18(8-7-17-13)15(20)21-16(2,3)4/h5-6,9,13,17,19H,7-8,10H2,1-4H3. The average Bonchev–Trinajstić information content (AvgIpc) is 2.40. The SMILES string of the molecule is Cc1ccc(O)c(C2CN(C(=O)OC(C)(C)C)CCN2)c1. The first-order valence-electron chi connectivity index (χ1n) is 7.27. The lowest BCUT2D eigenvalue weighted by atomic mass is 10.0. The molecule has 0 aliphatic carbocycles. The number of aromatic hydroxyl groups is 1. The smallest absolute Gasteiger partial charge is 0.410 e. The van der Waals surface area contributed by atoms with E-state index in [0.29, 0.717) is 19.6 Å². The van der Waals surface area contributed by atoms with Crippen molar-refractivity contribution in [1.82, 2.24) is 10.2 Å². The fraction of sp³-hybridized carbons (Fsp3) is 0.562. The maximum Gasteiger partial charge on any atom is 0.410 e. The van der Waals surface area contributed by atoms with Gasteiger partial charge in [0.05, 0.1) is 6.04 Å². The number of ether oxygens (including phenoxy) is 1. The van der Waals surface area contributed by atoms with E-state index in [1.54, 1.807) is 11.0 Å². The molecule has 1 saturated heterocycles. The van der Waals surface area contributed by atoms with Gasteiger partial charge in [0.25, 0.3) is 0 Å². The molecule has 1 fully saturated rings. The second kappa shape index (κ2) is 5.93. The van der Waals surface area contributed by atoms with Gasteiger partial charge in [-0.05, 0) is 33.8 Å². The highest BCUT2D eigenvalue weighted by Gasteiger charge is 2.29. The molecule has 0 spiro atoms. The number of carbonyl (C=O) groups excluding carboxylic acids is 1. The van der Waals surface area contributed by atoms with Crippen LogP contribution in [0.5, 0.6) is 5.75 Å². The molecule has 21 heavy (non-hydrogen) atoms. The number of hydrogen-bond acceptors (Lipinski definition) is 4. The van der Waals surface area contributed by atoms with Gasteiger partial charge in [0.2, 0.25) is 0 Å². The molecular weight excluding hydrogens is 268 g/mol. The molecule has 5 nitrogen and oxygen atoms in total. The summed E-state index contributed by atoms with van der Waals surface area (Å²) in [4.78, 5) is 13.8. The first-order valence-corrected chi connectivity index (χ1v) is 7.27. The van der Waals surface area contributed by atoms with Crippen LogP contribution < -0.4 is 5.32 Å². The first-order chi connectivity index (χ1) is 9.76. The molecule has 0 aromatic heterocycles. The highest BCUT2D eigenvalue weighted by molar-refractivity contribution is 5.68. The minimum atomic E-state index is -0.497. The van der Waals surface area contributed by atoms with E-state index in [4.69, 9.17) is 4.74 Å². The third-order valence-corrected chi connectivity index (χ3v) is 3.39. The summed E-state index contributed by atoms with van der Waals surface area (Å²) in [6, 6.07) is 5.43. The number of nitrogens with zero attached hydrogens (tertiary/aromatic N) is 1. The van der Waals surface area contributed by atoms with Crippen molar-refractivity contribution in [1.29, 1.82) is 0 Å². The number of nitrogens with one attached hydrogen (secondary N) is 1. The van der Waals surface area contributed by atoms with Gasteiger partial charge in [-0.15, -0.1) is 0 Å². The number of amides is 1. The third kappa shape index (κ3) is 4.11. The van der Waals surface area contributed by atoms with Crippen LogP contribution in [-0.2, 0) is 4.74 Å². The van der Waals surface area contributed by atoms with Gasteiger partial charge >= 0.3 is 6.09 Å². The normalized spacial score (nSPS) is 19.4. The van der Waals surface area contributed by atoms with Crippen molar-refractivity contribution in [3.05, 3.63) is 29.3 Å². The van der Waals surface area contributed by atoms with Gasteiger partial charge < -0.3 is 20.1 Å². The van der Waals surface area contributed by atoms with Crippen LogP contribution in [0.15, 0.2) is 18.2 Å². The van der Waals surface area contributed by atoms with Gasteiger partial charge in [0, 0.05) is 25.2 Å². The molecule has 0 bridgehead atoms. The van der Waals surface area contributed by atoms with Gasteiger partial charge in [0.15, 0.2) is 0 Å². The van der Waals surface area contributed by atoms with Gasteiger partial charge in [-0.3, -0.25) is 0 Å². The molecule has 5 heteroatoms. The Hall–Kier alpha value is -1.75. The molecule has 1 aliphatic heterocycles. The molecule has 1 aliphatic rings. The van der Waals surface area contributed by atoms with E-state index in [2.05, 4.69) is 5.32 Å². The monoisotopic (exact) mass is 292 g/mol. The van der Waals surface area contributed by atoms with Gasteiger partial charge in [-0.1, -0.05) is 17.7 Å². The zero-order valence-corrected chi connectivity index (χ0v) is 13.1. The zero-order valence-electron chi connectivity index (χ0n) is 13.1. The van der Waals surface area contributed by atoms with Crippen molar-refractivity contribution in [2.75, 3.05) is 19.6 Å². The quantitative estimate of drug-likeness (QED) is 0.835. The molecule has 0 saturated carbocycles. The Balaban J connectivity index is 2.10. The Kier molecular flexibility index (Phi) is 4.42. The number of carbonyl (C=O) groups is 1. The summed E-state index contributed by atoms with van der Waals surface area (Å²) in [7, 11) is 0. The third-order valence-electron chi connectivity index (χ3n) is 3.39. The van der Waals surface area contributed by atoms with Crippen molar-refractivity contribution in [2.24, 2.45) is 0 Å². The number of benzene rings is 1. The largest absolute Gasteiger partial charge is 0.508 e. The zero-order chi connectivity index (χ0) is 15.6. The molecule has 1 aromatic rings. The van der Waals surface area contributed by atoms with E-state index in [1.165, 1.54) is 0 Å². The summed E-state index contributed by atoms with van der Waals surface area (Å²) in [6.45, 7) is 9.34. The molecule has 1 atom stereocenters. The molecule has 1 unspecified atom stereocenters. The predicted octanol–water partition coefficient (Wildman–Crippen LogP) is 2.58. The minimum absolute atomic E-state index is 0.0776. The van der Waals surface area contributed by atoms with E-state index in [-0.39, 0.29) is 17.9 Å². The van der Waals surface area contributed by atoms with Crippen LogP contribution >= 0.6 is 0 Å². The summed E-state index contributed by atoms with van der Waals surface area (Å²) in [5, 5.41) is 13.4. The topological polar surface area (TPSA) is 61.8 Å². The summed E-state index contributed by atoms with van der Waals surface area (Å²) in [6.07, 6.45) is -0.304. The van der Waals surface area contributed by atoms with E-state index in [1.807, 2.05) is 39.8 Å². The maximum atomic E-state index is 12.2. The Bertz CT molecular complexity index is 523. The van der Waals surface area contributed by atoms with Gasteiger partial charge in [0.1, 0.15) is 11.4 Å². The lowest BCUT2D eigenvalue weighted by molar-refractivity contribution is 0.0194. The van der Waals surface area contributed by atoms with E-state index in [0.717, 1.165) is 11.1 Å². The highest BCUT2D eigenvalue weighted by atomic mass is 16.6. The van der Waals surface area contributed by atoms with Crippen molar-refractivity contribution in [3.63, 3.8) is 0 Å². The molecule has 0 radical (unpaired) electrons. The molecular formula is C16H24N2O3. The van der Waals surface area contributed by atoms with Crippen molar-refractivity contribution in [2.45, 2.75) is 39.3 Å². The molecule has 2 N–H and O–H groups in total. The van der Waals surface area contributed by atoms with Crippen molar-refractivity contribution >= 4 is 6.09 Å². The fourth-order valence-corrected chi connectivity index (χ4v) is 2.40.